The van der Waals surface area contributed by atoms with Crippen LogP contribution >= 0.6 is 11.8 Å². The van der Waals surface area contributed by atoms with Gasteiger partial charge in [-0.05, 0) is 44.4 Å². The predicted molar refractivity (Wildman–Crippen MR) is 76.6 cm³/mol. The maximum atomic E-state index is 13.6. The van der Waals surface area contributed by atoms with Crippen molar-refractivity contribution >= 4 is 11.8 Å². The first kappa shape index (κ1) is 14.8. The molecule has 2 rings (SSSR count). The first-order valence-corrected chi connectivity index (χ1v) is 7.92. The molecule has 1 fully saturated rings. The van der Waals surface area contributed by atoms with Gasteiger partial charge in [-0.2, -0.15) is 0 Å². The first-order chi connectivity index (χ1) is 9.19. The van der Waals surface area contributed by atoms with Gasteiger partial charge >= 0.3 is 0 Å². The molecule has 0 bridgehead atoms. The highest BCUT2D eigenvalue weighted by Crippen LogP contribution is 2.35. The third kappa shape index (κ3) is 4.46. The molecular formula is C15H21F2NS. The lowest BCUT2D eigenvalue weighted by Gasteiger charge is -2.29. The second-order valence-corrected chi connectivity index (χ2v) is 6.47. The van der Waals surface area contributed by atoms with Gasteiger partial charge in [0.1, 0.15) is 11.6 Å². The molecule has 0 amide bonds. The molecule has 1 aromatic rings. The Hall–Kier alpha value is -0.610. The lowest BCUT2D eigenvalue weighted by Crippen LogP contribution is -2.35. The summed E-state index contributed by atoms with van der Waals surface area (Å²) in [6.07, 6.45) is 5.72. The van der Waals surface area contributed by atoms with Crippen LogP contribution in [0.25, 0.3) is 0 Å². The van der Waals surface area contributed by atoms with E-state index < -0.39 is 11.6 Å². The minimum atomic E-state index is -0.506. The van der Waals surface area contributed by atoms with Crippen LogP contribution in [0.15, 0.2) is 23.1 Å². The fourth-order valence-corrected chi connectivity index (χ4v) is 3.83. The van der Waals surface area contributed by atoms with Crippen LogP contribution in [0.2, 0.25) is 0 Å². The molecule has 0 aromatic heterocycles. The van der Waals surface area contributed by atoms with Gasteiger partial charge in [0.15, 0.2) is 0 Å². The lowest BCUT2D eigenvalue weighted by atomic mass is 9.95. The molecule has 1 aromatic carbocycles. The topological polar surface area (TPSA) is 12.0 Å². The number of thioether (sulfide) groups is 1. The minimum absolute atomic E-state index is 0.433. The molecule has 2 atom stereocenters. The van der Waals surface area contributed by atoms with Crippen molar-refractivity contribution in [2.24, 2.45) is 0 Å². The Labute approximate surface area is 118 Å². The highest BCUT2D eigenvalue weighted by molar-refractivity contribution is 8.00. The Kier molecular flexibility index (Phi) is 5.64. The lowest BCUT2D eigenvalue weighted by molar-refractivity contribution is 0.381. The molecule has 1 aliphatic rings. The fourth-order valence-electron chi connectivity index (χ4n) is 2.54. The molecule has 0 radical (unpaired) electrons. The van der Waals surface area contributed by atoms with Crippen molar-refractivity contribution in [3.63, 3.8) is 0 Å². The van der Waals surface area contributed by atoms with Crippen molar-refractivity contribution in [3.8, 4) is 0 Å². The van der Waals surface area contributed by atoms with Crippen LogP contribution in [0.3, 0.4) is 0 Å². The van der Waals surface area contributed by atoms with Gasteiger partial charge in [-0.3, -0.25) is 0 Å². The summed E-state index contributed by atoms with van der Waals surface area (Å²) in [4.78, 5) is 0.572. The Morgan fingerprint density at radius 3 is 2.89 bits per heavy atom. The average Bonchev–Trinajstić information content (AvgIpc) is 2.40. The normalized spacial score (nSPS) is 23.5. The van der Waals surface area contributed by atoms with Gasteiger partial charge in [-0.1, -0.05) is 13.3 Å². The second kappa shape index (κ2) is 7.25. The number of nitrogens with one attached hydrogen (secondary N) is 1. The highest BCUT2D eigenvalue weighted by Gasteiger charge is 2.23. The van der Waals surface area contributed by atoms with E-state index in [4.69, 9.17) is 0 Å². The third-order valence-corrected chi connectivity index (χ3v) is 4.84. The molecule has 1 nitrogen and oxygen atoms in total. The molecule has 106 valence electrons. The molecule has 19 heavy (non-hydrogen) atoms. The summed E-state index contributed by atoms with van der Waals surface area (Å²) < 4.78 is 26.5. The summed E-state index contributed by atoms with van der Waals surface area (Å²) in [7, 11) is 0. The number of hydrogen-bond donors (Lipinski definition) is 1. The zero-order valence-corrected chi connectivity index (χ0v) is 12.1. The maximum Gasteiger partial charge on any atom is 0.139 e. The summed E-state index contributed by atoms with van der Waals surface area (Å²) in [5.74, 6) is -0.943. The van der Waals surface area contributed by atoms with Gasteiger partial charge in [0.05, 0.1) is 0 Å². The monoisotopic (exact) mass is 285 g/mol. The van der Waals surface area contributed by atoms with E-state index in [1.54, 1.807) is 17.8 Å². The van der Waals surface area contributed by atoms with E-state index in [1.807, 2.05) is 0 Å². The van der Waals surface area contributed by atoms with Crippen molar-refractivity contribution in [3.05, 3.63) is 29.8 Å². The van der Waals surface area contributed by atoms with E-state index >= 15 is 0 Å². The Morgan fingerprint density at radius 2 is 2.16 bits per heavy atom. The summed E-state index contributed by atoms with van der Waals surface area (Å²) in [6.45, 7) is 3.21. The molecular weight excluding hydrogens is 264 g/mol. The van der Waals surface area contributed by atoms with Gasteiger partial charge in [-0.15, -0.1) is 11.8 Å². The van der Waals surface area contributed by atoms with E-state index in [-0.39, 0.29) is 0 Å². The average molecular weight is 285 g/mol. The zero-order chi connectivity index (χ0) is 13.7. The molecule has 2 unspecified atom stereocenters. The van der Waals surface area contributed by atoms with Crippen molar-refractivity contribution < 1.29 is 8.78 Å². The molecule has 4 heteroatoms. The van der Waals surface area contributed by atoms with Crippen LogP contribution in [-0.4, -0.2) is 17.8 Å². The van der Waals surface area contributed by atoms with E-state index in [0.29, 0.717) is 16.2 Å². The van der Waals surface area contributed by atoms with Crippen LogP contribution in [0.1, 0.15) is 39.0 Å². The molecule has 1 N–H and O–H groups in total. The molecule has 0 heterocycles. The Balaban J connectivity index is 1.91. The van der Waals surface area contributed by atoms with Gasteiger partial charge in [0.2, 0.25) is 0 Å². The molecule has 1 saturated carbocycles. The fraction of sp³-hybridized carbons (Fsp3) is 0.600. The molecule has 0 aliphatic heterocycles. The number of benzene rings is 1. The number of halogens is 2. The van der Waals surface area contributed by atoms with Gasteiger partial charge in [0, 0.05) is 22.3 Å². The predicted octanol–water partition coefficient (Wildman–Crippen LogP) is 4.37. The van der Waals surface area contributed by atoms with E-state index in [1.165, 1.54) is 18.9 Å². The number of rotatable bonds is 5. The smallest absolute Gasteiger partial charge is 0.139 e. The quantitative estimate of drug-likeness (QED) is 0.862. The minimum Gasteiger partial charge on any atom is -0.314 e. The SMILES string of the molecule is CCCNC1CCCC(Sc2ccc(F)cc2F)C1. The largest absolute Gasteiger partial charge is 0.314 e. The van der Waals surface area contributed by atoms with Crippen LogP contribution in [0.5, 0.6) is 0 Å². The van der Waals surface area contributed by atoms with Gasteiger partial charge < -0.3 is 5.32 Å². The second-order valence-electron chi connectivity index (χ2n) is 5.13. The number of hydrogen-bond acceptors (Lipinski definition) is 2. The Bertz CT molecular complexity index is 411. The van der Waals surface area contributed by atoms with Crippen LogP contribution in [0.4, 0.5) is 8.78 Å². The highest BCUT2D eigenvalue weighted by atomic mass is 32.2. The van der Waals surface area contributed by atoms with E-state index in [0.717, 1.165) is 31.9 Å². The molecule has 0 spiro atoms. The van der Waals surface area contributed by atoms with Crippen molar-refractivity contribution in [1.29, 1.82) is 0 Å². The van der Waals surface area contributed by atoms with Crippen LogP contribution in [-0.2, 0) is 0 Å². The zero-order valence-electron chi connectivity index (χ0n) is 11.3. The summed E-state index contributed by atoms with van der Waals surface area (Å²) in [6, 6.07) is 4.41. The third-order valence-electron chi connectivity index (χ3n) is 3.50. The Morgan fingerprint density at radius 1 is 1.32 bits per heavy atom. The molecule has 1 aliphatic carbocycles. The maximum absolute atomic E-state index is 13.6. The van der Waals surface area contributed by atoms with Crippen LogP contribution in [0, 0.1) is 11.6 Å². The van der Waals surface area contributed by atoms with Gasteiger partial charge in [0.25, 0.3) is 0 Å². The van der Waals surface area contributed by atoms with Gasteiger partial charge in [-0.25, -0.2) is 8.78 Å². The molecule has 0 saturated heterocycles. The van der Waals surface area contributed by atoms with E-state index in [2.05, 4.69) is 12.2 Å². The summed E-state index contributed by atoms with van der Waals surface area (Å²) >= 11 is 1.56. The standard InChI is InChI=1S/C15H21F2NS/c1-2-8-18-12-4-3-5-13(10-12)19-15-7-6-11(16)9-14(15)17/h6-7,9,12-13,18H,2-5,8,10H2,1H3. The first-order valence-electron chi connectivity index (χ1n) is 7.04. The summed E-state index contributed by atoms with van der Waals surface area (Å²) in [5.41, 5.74) is 0. The van der Waals surface area contributed by atoms with Crippen molar-refractivity contribution in [2.75, 3.05) is 6.54 Å². The summed E-state index contributed by atoms with van der Waals surface area (Å²) in [5, 5.41) is 3.98. The van der Waals surface area contributed by atoms with Crippen LogP contribution < -0.4 is 5.32 Å². The van der Waals surface area contributed by atoms with Crippen molar-refractivity contribution in [1.82, 2.24) is 5.32 Å². The van der Waals surface area contributed by atoms with E-state index in [9.17, 15) is 8.78 Å². The van der Waals surface area contributed by atoms with Crippen molar-refractivity contribution in [2.45, 2.75) is 55.2 Å².